The smallest absolute Gasteiger partial charge is 0.227 e. The van der Waals surface area contributed by atoms with Gasteiger partial charge < -0.3 is 10.2 Å². The third-order valence-electron chi connectivity index (χ3n) is 6.68. The summed E-state index contributed by atoms with van der Waals surface area (Å²) in [5.74, 6) is 0.0234. The fourth-order valence-electron chi connectivity index (χ4n) is 4.82. The maximum Gasteiger partial charge on any atom is 0.227 e. The molecule has 38 heavy (non-hydrogen) atoms. The van der Waals surface area contributed by atoms with Gasteiger partial charge in [0.15, 0.2) is 0 Å². The van der Waals surface area contributed by atoms with Crippen LogP contribution in [-0.2, 0) is 6.54 Å². The lowest BCUT2D eigenvalue weighted by atomic mass is 9.95. The second kappa shape index (κ2) is 9.95. The summed E-state index contributed by atoms with van der Waals surface area (Å²) in [5.41, 5.74) is 4.43. The molecule has 6 nitrogen and oxygen atoms in total. The predicted molar refractivity (Wildman–Crippen MR) is 147 cm³/mol. The van der Waals surface area contributed by atoms with E-state index in [-0.39, 0.29) is 17.8 Å². The Morgan fingerprint density at radius 3 is 2.53 bits per heavy atom. The number of aromatic nitrogens is 2. The average Bonchev–Trinajstić information content (AvgIpc) is 3.34. The molecule has 0 spiro atoms. The van der Waals surface area contributed by atoms with Crippen molar-refractivity contribution < 1.29 is 8.78 Å². The number of nitrogens with one attached hydrogen (secondary N) is 1. The van der Waals surface area contributed by atoms with Crippen molar-refractivity contribution in [2.75, 3.05) is 25.0 Å². The summed E-state index contributed by atoms with van der Waals surface area (Å²) in [5, 5.41) is 3.69. The van der Waals surface area contributed by atoms with Crippen LogP contribution in [0.25, 0.3) is 11.3 Å². The first-order valence-corrected chi connectivity index (χ1v) is 12.7. The molecule has 2 aliphatic rings. The van der Waals surface area contributed by atoms with Crippen LogP contribution in [0.3, 0.4) is 0 Å². The molecule has 0 radical (unpaired) electrons. The summed E-state index contributed by atoms with van der Waals surface area (Å²) in [4.78, 5) is 20.7. The lowest BCUT2D eigenvalue weighted by Crippen LogP contribution is -2.27. The average molecular weight is 529 g/mol. The Morgan fingerprint density at radius 2 is 1.76 bits per heavy atom. The van der Waals surface area contributed by atoms with Gasteiger partial charge in [-0.15, -0.1) is 0 Å². The number of likely N-dealkylation sites (N-methyl/N-ethyl adjacent to an activating group) is 1. The zero-order chi connectivity index (χ0) is 26.2. The zero-order valence-electron chi connectivity index (χ0n) is 20.5. The van der Waals surface area contributed by atoms with Crippen molar-refractivity contribution in [3.8, 4) is 11.3 Å². The molecular formula is C29H23ClF2N6. The van der Waals surface area contributed by atoms with Crippen LogP contribution in [-0.4, -0.2) is 46.0 Å². The minimum absolute atomic E-state index is 0.162. The van der Waals surface area contributed by atoms with E-state index in [1.807, 2.05) is 24.3 Å². The van der Waals surface area contributed by atoms with Crippen molar-refractivity contribution >= 4 is 34.8 Å². The molecule has 0 saturated heterocycles. The van der Waals surface area contributed by atoms with Crippen LogP contribution >= 0.6 is 11.6 Å². The SMILES string of the molecule is CCN1CCN=C1c1ccc(Nc2ncc3c(n2)-c2ccc(Cl)cc2C(c2c(F)cccc2F)=NC3)cc1. The van der Waals surface area contributed by atoms with Gasteiger partial charge in [-0.1, -0.05) is 23.7 Å². The van der Waals surface area contributed by atoms with Crippen LogP contribution in [0.2, 0.25) is 5.02 Å². The van der Waals surface area contributed by atoms with Gasteiger partial charge in [0.2, 0.25) is 5.95 Å². The molecule has 0 atom stereocenters. The van der Waals surface area contributed by atoms with Crippen molar-refractivity contribution in [3.05, 3.63) is 106 Å². The summed E-state index contributed by atoms with van der Waals surface area (Å²) in [6.45, 7) is 4.96. The predicted octanol–water partition coefficient (Wildman–Crippen LogP) is 6.25. The summed E-state index contributed by atoms with van der Waals surface area (Å²) in [6, 6.07) is 16.9. The lowest BCUT2D eigenvalue weighted by molar-refractivity contribution is 0.484. The molecule has 3 aromatic carbocycles. The zero-order valence-corrected chi connectivity index (χ0v) is 21.3. The third-order valence-corrected chi connectivity index (χ3v) is 6.91. The second-order valence-corrected chi connectivity index (χ2v) is 9.44. The lowest BCUT2D eigenvalue weighted by Gasteiger charge is -2.18. The van der Waals surface area contributed by atoms with Gasteiger partial charge in [0.1, 0.15) is 17.5 Å². The fraction of sp³-hybridized carbons (Fsp3) is 0.172. The van der Waals surface area contributed by atoms with E-state index in [4.69, 9.17) is 16.6 Å². The Balaban J connectivity index is 1.35. The Bertz CT molecular complexity index is 1580. The van der Waals surface area contributed by atoms with E-state index < -0.39 is 11.6 Å². The van der Waals surface area contributed by atoms with Gasteiger partial charge in [-0.3, -0.25) is 9.98 Å². The van der Waals surface area contributed by atoms with E-state index in [1.54, 1.807) is 24.4 Å². The molecule has 0 amide bonds. The van der Waals surface area contributed by atoms with Crippen molar-refractivity contribution in [2.45, 2.75) is 13.5 Å². The van der Waals surface area contributed by atoms with Gasteiger partial charge in [-0.2, -0.15) is 0 Å². The van der Waals surface area contributed by atoms with Crippen LogP contribution in [0.5, 0.6) is 0 Å². The van der Waals surface area contributed by atoms with Gasteiger partial charge in [0, 0.05) is 52.3 Å². The maximum absolute atomic E-state index is 14.8. The highest BCUT2D eigenvalue weighted by Gasteiger charge is 2.25. The van der Waals surface area contributed by atoms with E-state index >= 15 is 0 Å². The van der Waals surface area contributed by atoms with Gasteiger partial charge in [-0.25, -0.2) is 18.7 Å². The number of rotatable bonds is 5. The van der Waals surface area contributed by atoms with Gasteiger partial charge in [0.25, 0.3) is 0 Å². The molecule has 4 aromatic rings. The van der Waals surface area contributed by atoms with Crippen molar-refractivity contribution in [1.29, 1.82) is 0 Å². The van der Waals surface area contributed by atoms with Crippen LogP contribution < -0.4 is 5.32 Å². The quantitative estimate of drug-likeness (QED) is 0.332. The number of benzene rings is 3. The molecule has 0 aliphatic carbocycles. The number of fused-ring (bicyclic) bond motifs is 3. The summed E-state index contributed by atoms with van der Waals surface area (Å²) in [6.07, 6.45) is 1.69. The fourth-order valence-corrected chi connectivity index (χ4v) is 4.99. The topological polar surface area (TPSA) is 65.8 Å². The van der Waals surface area contributed by atoms with Crippen molar-refractivity contribution in [2.24, 2.45) is 9.98 Å². The Morgan fingerprint density at radius 1 is 0.974 bits per heavy atom. The summed E-state index contributed by atoms with van der Waals surface area (Å²) >= 11 is 6.31. The molecule has 2 aliphatic heterocycles. The molecule has 0 unspecified atom stereocenters. The number of anilines is 2. The minimum Gasteiger partial charge on any atom is -0.355 e. The monoisotopic (exact) mass is 528 g/mol. The second-order valence-electron chi connectivity index (χ2n) is 9.01. The Labute approximate surface area is 223 Å². The molecule has 1 aromatic heterocycles. The molecule has 0 fully saturated rings. The van der Waals surface area contributed by atoms with Crippen LogP contribution in [0.1, 0.15) is 29.2 Å². The molecule has 1 N–H and O–H groups in total. The van der Waals surface area contributed by atoms with Crippen molar-refractivity contribution in [3.63, 3.8) is 0 Å². The summed E-state index contributed by atoms with van der Waals surface area (Å²) < 4.78 is 29.5. The van der Waals surface area contributed by atoms with Crippen molar-refractivity contribution in [1.82, 2.24) is 14.9 Å². The van der Waals surface area contributed by atoms with E-state index in [0.717, 1.165) is 42.3 Å². The number of amidine groups is 1. The molecule has 6 rings (SSSR count). The molecule has 0 bridgehead atoms. The highest BCUT2D eigenvalue weighted by molar-refractivity contribution is 6.31. The number of hydrogen-bond acceptors (Lipinski definition) is 6. The largest absolute Gasteiger partial charge is 0.355 e. The number of aliphatic imine (C=N–C) groups is 2. The molecular weight excluding hydrogens is 506 g/mol. The van der Waals surface area contributed by atoms with Gasteiger partial charge in [0.05, 0.1) is 30.1 Å². The van der Waals surface area contributed by atoms with E-state index in [1.165, 1.54) is 18.2 Å². The van der Waals surface area contributed by atoms with E-state index in [0.29, 0.717) is 27.8 Å². The maximum atomic E-state index is 14.8. The molecule has 190 valence electrons. The number of hydrogen-bond donors (Lipinski definition) is 1. The van der Waals surface area contributed by atoms with Crippen LogP contribution in [0, 0.1) is 11.6 Å². The third kappa shape index (κ3) is 4.41. The Kier molecular flexibility index (Phi) is 6.33. The molecule has 0 saturated carbocycles. The highest BCUT2D eigenvalue weighted by atomic mass is 35.5. The van der Waals surface area contributed by atoms with Gasteiger partial charge in [-0.05, 0) is 55.5 Å². The Hall–Kier alpha value is -4.17. The normalized spacial score (nSPS) is 14.4. The molecule has 3 heterocycles. The summed E-state index contributed by atoms with van der Waals surface area (Å²) in [7, 11) is 0. The van der Waals surface area contributed by atoms with Crippen LogP contribution in [0.15, 0.2) is 76.8 Å². The first-order chi connectivity index (χ1) is 18.5. The van der Waals surface area contributed by atoms with E-state index in [9.17, 15) is 8.78 Å². The molecule has 9 heteroatoms. The standard InChI is InChI=1S/C29H23ClF2N6/c1-2-38-13-12-33-28(38)17-6-9-20(10-7-17)36-29-35-16-18-15-34-27(25-23(31)4-3-5-24(25)32)22-14-19(30)8-11-21(22)26(18)37-29/h3-11,14,16H,2,12-13,15H2,1H3,(H,35,36,37). The van der Waals surface area contributed by atoms with E-state index in [2.05, 4.69) is 32.1 Å². The first kappa shape index (κ1) is 24.2. The minimum atomic E-state index is -0.692. The number of nitrogens with zero attached hydrogens (tertiary/aromatic N) is 5. The van der Waals surface area contributed by atoms with Gasteiger partial charge >= 0.3 is 0 Å². The highest BCUT2D eigenvalue weighted by Crippen LogP contribution is 2.34. The number of halogens is 3. The first-order valence-electron chi connectivity index (χ1n) is 12.3. The van der Waals surface area contributed by atoms with Crippen LogP contribution in [0.4, 0.5) is 20.4 Å².